The molecule has 1 N–H and O–H groups in total. The van der Waals surface area contributed by atoms with E-state index < -0.39 is 0 Å². The zero-order valence-electron chi connectivity index (χ0n) is 21.0. The number of hydrogen-bond acceptors (Lipinski definition) is 6. The number of aromatic nitrogens is 3. The first-order valence-electron chi connectivity index (χ1n) is 12.8. The molecule has 0 saturated carbocycles. The van der Waals surface area contributed by atoms with E-state index in [9.17, 15) is 9.18 Å². The molecule has 0 spiro atoms. The predicted molar refractivity (Wildman–Crippen MR) is 145 cm³/mol. The van der Waals surface area contributed by atoms with Crippen molar-refractivity contribution in [1.82, 2.24) is 14.5 Å². The van der Waals surface area contributed by atoms with E-state index in [-0.39, 0.29) is 11.8 Å². The Morgan fingerprint density at radius 3 is 2.71 bits per heavy atom. The molecule has 0 saturated heterocycles. The van der Waals surface area contributed by atoms with Crippen LogP contribution in [0.3, 0.4) is 0 Å². The van der Waals surface area contributed by atoms with Crippen molar-refractivity contribution in [3.05, 3.63) is 83.7 Å². The molecule has 0 unspecified atom stereocenters. The molecule has 7 nitrogen and oxygen atoms in total. The van der Waals surface area contributed by atoms with E-state index in [0.717, 1.165) is 48.2 Å². The van der Waals surface area contributed by atoms with Gasteiger partial charge in [-0.05, 0) is 92.8 Å². The van der Waals surface area contributed by atoms with Crippen LogP contribution in [0.5, 0.6) is 0 Å². The summed E-state index contributed by atoms with van der Waals surface area (Å²) in [6, 6.07) is 17.6. The number of anilines is 2. The second-order valence-electron chi connectivity index (χ2n) is 9.47. The molecule has 3 aromatic carbocycles. The second-order valence-corrected chi connectivity index (χ2v) is 9.47. The van der Waals surface area contributed by atoms with E-state index >= 15 is 0 Å². The summed E-state index contributed by atoms with van der Waals surface area (Å²) >= 11 is 0. The number of oxazole rings is 1. The summed E-state index contributed by atoms with van der Waals surface area (Å²) in [5.41, 5.74) is 6.53. The number of benzene rings is 3. The van der Waals surface area contributed by atoms with Gasteiger partial charge in [-0.25, -0.2) is 14.2 Å². The smallest absolute Gasteiger partial charge is 0.337 e. The molecule has 5 aromatic rings. The summed E-state index contributed by atoms with van der Waals surface area (Å²) in [5.74, 6) is 0.107. The normalized spacial score (nSPS) is 13.6. The Morgan fingerprint density at radius 2 is 1.92 bits per heavy atom. The molecule has 38 heavy (non-hydrogen) atoms. The van der Waals surface area contributed by atoms with Crippen molar-refractivity contribution in [2.45, 2.75) is 38.6 Å². The molecule has 0 atom stereocenters. The maximum Gasteiger partial charge on any atom is 0.337 e. The number of nitrogens with one attached hydrogen (secondary N) is 1. The summed E-state index contributed by atoms with van der Waals surface area (Å²) in [6.45, 7) is 0.781. The van der Waals surface area contributed by atoms with Crippen LogP contribution in [0.25, 0.3) is 33.5 Å². The Morgan fingerprint density at radius 1 is 1.05 bits per heavy atom. The number of fused-ring (bicyclic) bond motifs is 2. The predicted octanol–water partition coefficient (Wildman–Crippen LogP) is 7.40. The first-order valence-corrected chi connectivity index (χ1v) is 12.8. The summed E-state index contributed by atoms with van der Waals surface area (Å²) in [7, 11) is 1.38. The number of hydrogen-bond donors (Lipinski definition) is 1. The van der Waals surface area contributed by atoms with Crippen LogP contribution in [0.1, 0.15) is 42.5 Å². The minimum Gasteiger partial charge on any atom is -0.465 e. The summed E-state index contributed by atoms with van der Waals surface area (Å²) in [6.07, 6.45) is 8.11. The van der Waals surface area contributed by atoms with E-state index in [0.29, 0.717) is 28.4 Å². The van der Waals surface area contributed by atoms with Gasteiger partial charge in [-0.1, -0.05) is 11.6 Å². The molecule has 0 amide bonds. The minimum absolute atomic E-state index is 0.306. The number of carbonyl (C=O) groups is 1. The van der Waals surface area contributed by atoms with Crippen molar-refractivity contribution >= 4 is 39.8 Å². The zero-order chi connectivity index (χ0) is 26.1. The molecule has 0 bridgehead atoms. The lowest BCUT2D eigenvalue weighted by molar-refractivity contribution is 0.0601. The van der Waals surface area contributed by atoms with Gasteiger partial charge in [0.05, 0.1) is 23.7 Å². The highest BCUT2D eigenvalue weighted by molar-refractivity contribution is 5.94. The maximum absolute atomic E-state index is 13.2. The first-order chi connectivity index (χ1) is 18.6. The highest BCUT2D eigenvalue weighted by Crippen LogP contribution is 2.31. The largest absolute Gasteiger partial charge is 0.465 e. The molecule has 2 aromatic heterocycles. The average Bonchev–Trinajstić information content (AvgIpc) is 3.52. The number of allylic oxidation sites excluding steroid dienone is 2. The monoisotopic (exact) mass is 510 g/mol. The van der Waals surface area contributed by atoms with Gasteiger partial charge in [-0.15, -0.1) is 0 Å². The molecule has 0 radical (unpaired) electrons. The summed E-state index contributed by atoms with van der Waals surface area (Å²) < 4.78 is 26.2. The molecule has 1 aliphatic rings. The number of rotatable bonds is 7. The second kappa shape index (κ2) is 10.1. The molecule has 6 rings (SSSR count). The molecule has 8 heteroatoms. The lowest BCUT2D eigenvalue weighted by Gasteiger charge is -2.15. The Bertz CT molecular complexity index is 1670. The van der Waals surface area contributed by atoms with Crippen LogP contribution >= 0.6 is 0 Å². The quantitative estimate of drug-likeness (QED) is 0.181. The van der Waals surface area contributed by atoms with Gasteiger partial charge in [0.15, 0.2) is 5.58 Å². The average molecular weight is 511 g/mol. The molecule has 0 fully saturated rings. The molecular weight excluding hydrogens is 483 g/mol. The van der Waals surface area contributed by atoms with Crippen molar-refractivity contribution < 1.29 is 18.3 Å². The first kappa shape index (κ1) is 23.9. The Kier molecular flexibility index (Phi) is 6.37. The van der Waals surface area contributed by atoms with Crippen LogP contribution in [0.15, 0.2) is 76.7 Å². The van der Waals surface area contributed by atoms with Crippen LogP contribution in [0.2, 0.25) is 0 Å². The minimum atomic E-state index is -0.388. The number of imidazole rings is 1. The standard InChI is InChI=1S/C30H27FN4O3/c1-37-29(36)21-7-13-26-24(18-21)33-28(35(26)16-15-19-5-3-2-4-6-19)20-8-14-27-25(17-20)34-30(38-27)32-23-11-9-22(31)10-12-23/h5,7-14,17-18H,2-4,6,15-16H2,1H3,(H,32,34). The highest BCUT2D eigenvalue weighted by Gasteiger charge is 2.17. The van der Waals surface area contributed by atoms with E-state index in [1.165, 1.54) is 37.7 Å². The van der Waals surface area contributed by atoms with Crippen molar-refractivity contribution in [2.75, 3.05) is 12.4 Å². The Balaban J connectivity index is 1.37. The maximum atomic E-state index is 13.2. The van der Waals surface area contributed by atoms with E-state index in [1.54, 1.807) is 24.3 Å². The van der Waals surface area contributed by atoms with Gasteiger partial charge in [0.25, 0.3) is 6.01 Å². The number of ether oxygens (including phenoxy) is 1. The zero-order valence-corrected chi connectivity index (χ0v) is 21.0. The lowest BCUT2D eigenvalue weighted by atomic mass is 9.97. The number of esters is 1. The van der Waals surface area contributed by atoms with E-state index in [1.807, 2.05) is 24.3 Å². The summed E-state index contributed by atoms with van der Waals surface area (Å²) in [5, 5.41) is 3.08. The van der Waals surface area contributed by atoms with Crippen molar-refractivity contribution in [3.8, 4) is 11.4 Å². The third-order valence-corrected chi connectivity index (χ3v) is 6.95. The fourth-order valence-corrected chi connectivity index (χ4v) is 4.99. The third kappa shape index (κ3) is 4.77. The Labute approximate surface area is 219 Å². The van der Waals surface area contributed by atoms with Crippen LogP contribution in [-0.2, 0) is 11.3 Å². The van der Waals surface area contributed by atoms with Crippen LogP contribution in [0, 0.1) is 5.82 Å². The van der Waals surface area contributed by atoms with E-state index in [2.05, 4.69) is 20.9 Å². The SMILES string of the molecule is COC(=O)c1ccc2c(c1)nc(-c1ccc3oc(Nc4ccc(F)cc4)nc3c1)n2CCC1=CCCCC1. The molecule has 192 valence electrons. The van der Waals surface area contributed by atoms with Crippen molar-refractivity contribution in [3.63, 3.8) is 0 Å². The molecular formula is C30H27FN4O3. The van der Waals surface area contributed by atoms with Gasteiger partial charge in [-0.3, -0.25) is 0 Å². The topological polar surface area (TPSA) is 82.2 Å². The molecule has 0 aliphatic heterocycles. The molecule has 2 heterocycles. The number of methoxy groups -OCH3 is 1. The van der Waals surface area contributed by atoms with Gasteiger partial charge < -0.3 is 19.0 Å². The number of halogens is 1. The fraction of sp³-hybridized carbons (Fsp3) is 0.233. The van der Waals surface area contributed by atoms with Gasteiger partial charge in [-0.2, -0.15) is 4.98 Å². The van der Waals surface area contributed by atoms with Crippen molar-refractivity contribution in [1.29, 1.82) is 0 Å². The van der Waals surface area contributed by atoms with Gasteiger partial charge in [0.2, 0.25) is 0 Å². The molecule has 1 aliphatic carbocycles. The van der Waals surface area contributed by atoms with Gasteiger partial charge in [0, 0.05) is 17.8 Å². The highest BCUT2D eigenvalue weighted by atomic mass is 19.1. The van der Waals surface area contributed by atoms with E-state index in [4.69, 9.17) is 14.1 Å². The van der Waals surface area contributed by atoms with Crippen molar-refractivity contribution in [2.24, 2.45) is 0 Å². The van der Waals surface area contributed by atoms with Crippen LogP contribution < -0.4 is 5.32 Å². The van der Waals surface area contributed by atoms with Crippen LogP contribution in [-0.4, -0.2) is 27.6 Å². The van der Waals surface area contributed by atoms with Gasteiger partial charge in [0.1, 0.15) is 17.2 Å². The number of nitrogens with zero attached hydrogens (tertiary/aromatic N) is 3. The fourth-order valence-electron chi connectivity index (χ4n) is 4.99. The number of carbonyl (C=O) groups excluding carboxylic acids is 1. The summed E-state index contributed by atoms with van der Waals surface area (Å²) in [4.78, 5) is 21.7. The third-order valence-electron chi connectivity index (χ3n) is 6.95. The number of aryl methyl sites for hydroxylation is 1. The lowest BCUT2D eigenvalue weighted by Crippen LogP contribution is -2.04. The van der Waals surface area contributed by atoms with Crippen LogP contribution in [0.4, 0.5) is 16.1 Å². The van der Waals surface area contributed by atoms with Gasteiger partial charge >= 0.3 is 5.97 Å². The Hall–Kier alpha value is -4.46.